The van der Waals surface area contributed by atoms with E-state index in [-0.39, 0.29) is 28.8 Å². The number of nitro groups is 1. The van der Waals surface area contributed by atoms with Crippen LogP contribution in [-0.4, -0.2) is 39.5 Å². The summed E-state index contributed by atoms with van der Waals surface area (Å²) in [4.78, 5) is 24.1. The van der Waals surface area contributed by atoms with Crippen LogP contribution in [0.3, 0.4) is 0 Å². The molecule has 1 N–H and O–H groups in total. The van der Waals surface area contributed by atoms with Crippen LogP contribution < -0.4 is 9.62 Å². The first-order valence-electron chi connectivity index (χ1n) is 8.93. The Hall–Kier alpha value is -2.98. The first-order chi connectivity index (χ1) is 13.7. The summed E-state index contributed by atoms with van der Waals surface area (Å²) in [5, 5.41) is 11.0. The molecule has 2 aromatic carbocycles. The molecule has 2 aromatic rings. The summed E-state index contributed by atoms with van der Waals surface area (Å²) >= 11 is 0. The fourth-order valence-electron chi connectivity index (χ4n) is 3.30. The maximum atomic E-state index is 12.8. The van der Waals surface area contributed by atoms with Crippen LogP contribution in [0.4, 0.5) is 17.1 Å². The van der Waals surface area contributed by atoms with E-state index in [4.69, 9.17) is 4.74 Å². The Bertz CT molecular complexity index is 1070. The highest BCUT2D eigenvalue weighted by molar-refractivity contribution is 7.92. The summed E-state index contributed by atoms with van der Waals surface area (Å²) in [6.07, 6.45) is 1.59. The normalized spacial score (nSPS) is 13.7. The lowest BCUT2D eigenvalue weighted by Crippen LogP contribution is -2.37. The molecule has 1 aliphatic heterocycles. The van der Waals surface area contributed by atoms with E-state index in [1.165, 1.54) is 19.2 Å². The van der Waals surface area contributed by atoms with Crippen LogP contribution in [0, 0.1) is 17.0 Å². The zero-order valence-electron chi connectivity index (χ0n) is 16.0. The van der Waals surface area contributed by atoms with Gasteiger partial charge < -0.3 is 9.64 Å². The fraction of sp³-hybridized carbons (Fsp3) is 0.316. The SMILES string of the molecule is COCC(=O)N1CCCc2ccc(NS(=O)(=O)c3cc([N+](=O)[O-])ccc3C)cc21. The number of hydrogen-bond donors (Lipinski definition) is 1. The van der Waals surface area contributed by atoms with Crippen LogP contribution in [-0.2, 0) is 26.0 Å². The number of rotatable bonds is 6. The van der Waals surface area contributed by atoms with Gasteiger partial charge in [-0.25, -0.2) is 8.42 Å². The van der Waals surface area contributed by atoms with Crippen LogP contribution in [0.2, 0.25) is 0 Å². The summed E-state index contributed by atoms with van der Waals surface area (Å²) in [5.41, 5.74) is 1.92. The van der Waals surface area contributed by atoms with Crippen molar-refractivity contribution in [1.82, 2.24) is 0 Å². The van der Waals surface area contributed by atoms with Gasteiger partial charge in [0.2, 0.25) is 0 Å². The predicted octanol–water partition coefficient (Wildman–Crippen LogP) is 2.63. The molecule has 0 unspecified atom stereocenters. The number of sulfonamides is 1. The maximum absolute atomic E-state index is 12.8. The largest absolute Gasteiger partial charge is 0.375 e. The molecule has 1 heterocycles. The van der Waals surface area contributed by atoms with E-state index in [0.717, 1.165) is 24.5 Å². The third-order valence-electron chi connectivity index (χ3n) is 4.70. The van der Waals surface area contributed by atoms with Crippen LogP contribution in [0.5, 0.6) is 0 Å². The van der Waals surface area contributed by atoms with E-state index in [1.54, 1.807) is 30.0 Å². The first kappa shape index (κ1) is 20.7. The average molecular weight is 419 g/mol. The lowest BCUT2D eigenvalue weighted by molar-refractivity contribution is -0.385. The molecule has 29 heavy (non-hydrogen) atoms. The van der Waals surface area contributed by atoms with Crippen molar-refractivity contribution in [3.63, 3.8) is 0 Å². The second-order valence-corrected chi connectivity index (χ2v) is 8.39. The van der Waals surface area contributed by atoms with Crippen molar-refractivity contribution in [3.05, 3.63) is 57.6 Å². The zero-order chi connectivity index (χ0) is 21.2. The number of ether oxygens (including phenoxy) is 1. The summed E-state index contributed by atoms with van der Waals surface area (Å²) in [5.74, 6) is -0.206. The first-order valence-corrected chi connectivity index (χ1v) is 10.4. The summed E-state index contributed by atoms with van der Waals surface area (Å²) < 4.78 is 33.1. The van der Waals surface area contributed by atoms with E-state index in [0.29, 0.717) is 17.8 Å². The number of nitrogens with one attached hydrogen (secondary N) is 1. The smallest absolute Gasteiger partial charge is 0.270 e. The number of fused-ring (bicyclic) bond motifs is 1. The van der Waals surface area contributed by atoms with E-state index in [9.17, 15) is 23.3 Å². The minimum Gasteiger partial charge on any atom is -0.375 e. The molecule has 9 nitrogen and oxygen atoms in total. The summed E-state index contributed by atoms with van der Waals surface area (Å²) in [6, 6.07) is 8.68. The molecule has 10 heteroatoms. The van der Waals surface area contributed by atoms with Crippen molar-refractivity contribution in [1.29, 1.82) is 0 Å². The zero-order valence-corrected chi connectivity index (χ0v) is 16.9. The van der Waals surface area contributed by atoms with Crippen LogP contribution in [0.25, 0.3) is 0 Å². The third-order valence-corrected chi connectivity index (χ3v) is 6.22. The molecule has 0 spiro atoms. The van der Waals surface area contributed by atoms with Gasteiger partial charge in [0.1, 0.15) is 6.61 Å². The van der Waals surface area contributed by atoms with Crippen LogP contribution in [0.1, 0.15) is 17.5 Å². The van der Waals surface area contributed by atoms with Crippen LogP contribution in [0.15, 0.2) is 41.3 Å². The minimum atomic E-state index is -4.06. The van der Waals surface area contributed by atoms with Crippen molar-refractivity contribution in [2.24, 2.45) is 0 Å². The number of amides is 1. The van der Waals surface area contributed by atoms with Gasteiger partial charge in [-0.3, -0.25) is 19.6 Å². The second kappa shape index (κ2) is 8.18. The Morgan fingerprint density at radius 3 is 2.72 bits per heavy atom. The number of anilines is 2. The standard InChI is InChI=1S/C19H21N3O6S/c1-13-5-8-16(22(24)25)11-18(13)29(26,27)20-15-7-6-14-4-3-9-21(17(14)10-15)19(23)12-28-2/h5-8,10-11,20H,3-4,9,12H2,1-2H3. The number of benzene rings is 2. The highest BCUT2D eigenvalue weighted by Crippen LogP contribution is 2.32. The second-order valence-electron chi connectivity index (χ2n) is 6.74. The summed E-state index contributed by atoms with van der Waals surface area (Å²) in [6.45, 7) is 2.02. The van der Waals surface area contributed by atoms with Gasteiger partial charge in [-0.1, -0.05) is 12.1 Å². The van der Waals surface area contributed by atoms with Gasteiger partial charge in [-0.15, -0.1) is 0 Å². The molecular formula is C19H21N3O6S. The molecule has 1 aliphatic rings. The van der Waals surface area contributed by atoms with Gasteiger partial charge >= 0.3 is 0 Å². The highest BCUT2D eigenvalue weighted by Gasteiger charge is 2.25. The van der Waals surface area contributed by atoms with E-state index in [1.807, 2.05) is 0 Å². The van der Waals surface area contributed by atoms with Gasteiger partial charge in [0.05, 0.1) is 15.5 Å². The molecule has 0 fully saturated rings. The van der Waals surface area contributed by atoms with Gasteiger partial charge in [-0.05, 0) is 43.0 Å². The molecule has 154 valence electrons. The highest BCUT2D eigenvalue weighted by atomic mass is 32.2. The monoisotopic (exact) mass is 419 g/mol. The van der Waals surface area contributed by atoms with Crippen molar-refractivity contribution in [2.75, 3.05) is 29.9 Å². The Balaban J connectivity index is 1.95. The van der Waals surface area contributed by atoms with Crippen molar-refractivity contribution in [2.45, 2.75) is 24.7 Å². The molecule has 1 amide bonds. The number of non-ortho nitro benzene ring substituents is 1. The third kappa shape index (κ3) is 4.38. The number of aryl methyl sites for hydroxylation is 2. The predicted molar refractivity (Wildman–Crippen MR) is 108 cm³/mol. The van der Waals surface area contributed by atoms with E-state index < -0.39 is 14.9 Å². The number of hydrogen-bond acceptors (Lipinski definition) is 6. The Morgan fingerprint density at radius 1 is 1.28 bits per heavy atom. The lowest BCUT2D eigenvalue weighted by atomic mass is 10.0. The van der Waals surface area contributed by atoms with Crippen LogP contribution >= 0.6 is 0 Å². The van der Waals surface area contributed by atoms with Gasteiger partial charge in [-0.2, -0.15) is 0 Å². The van der Waals surface area contributed by atoms with E-state index >= 15 is 0 Å². The molecule has 0 atom stereocenters. The molecule has 0 saturated carbocycles. The van der Waals surface area contributed by atoms with Crippen molar-refractivity contribution < 1.29 is 22.9 Å². The minimum absolute atomic E-state index is 0.0672. The molecule has 0 bridgehead atoms. The molecule has 0 saturated heterocycles. The Morgan fingerprint density at radius 2 is 2.03 bits per heavy atom. The van der Waals surface area contributed by atoms with Crippen molar-refractivity contribution in [3.8, 4) is 0 Å². The lowest BCUT2D eigenvalue weighted by Gasteiger charge is -2.30. The van der Waals surface area contributed by atoms with Gasteiger partial charge in [0.25, 0.3) is 21.6 Å². The molecule has 0 radical (unpaired) electrons. The van der Waals surface area contributed by atoms with Gasteiger partial charge in [0, 0.05) is 31.5 Å². The molecule has 0 aliphatic carbocycles. The Kier molecular flexibility index (Phi) is 5.85. The van der Waals surface area contributed by atoms with E-state index in [2.05, 4.69) is 4.72 Å². The summed E-state index contributed by atoms with van der Waals surface area (Å²) in [7, 11) is -2.62. The average Bonchev–Trinajstić information content (AvgIpc) is 2.67. The quantitative estimate of drug-likeness (QED) is 0.568. The molecule has 0 aromatic heterocycles. The topological polar surface area (TPSA) is 119 Å². The number of methoxy groups -OCH3 is 1. The van der Waals surface area contributed by atoms with Crippen molar-refractivity contribution >= 4 is 33.0 Å². The maximum Gasteiger partial charge on any atom is 0.270 e. The molecule has 3 rings (SSSR count). The van der Waals surface area contributed by atoms with Gasteiger partial charge in [0.15, 0.2) is 0 Å². The number of carbonyl (C=O) groups excluding carboxylic acids is 1. The fourth-order valence-corrected chi connectivity index (χ4v) is 4.62. The number of carbonyl (C=O) groups is 1. The Labute approximate surface area is 168 Å². The molecular weight excluding hydrogens is 398 g/mol. The number of nitro benzene ring substituents is 1. The number of nitrogens with zero attached hydrogens (tertiary/aromatic N) is 2.